The maximum Gasteiger partial charge on any atom is 0.125 e. The van der Waals surface area contributed by atoms with Gasteiger partial charge in [0.15, 0.2) is 0 Å². The fourth-order valence-electron chi connectivity index (χ4n) is 2.23. The van der Waals surface area contributed by atoms with Crippen LogP contribution in [0.1, 0.15) is 22.0 Å². The van der Waals surface area contributed by atoms with Crippen molar-refractivity contribution in [3.63, 3.8) is 0 Å². The number of hydrogen-bond donors (Lipinski definition) is 0. The Kier molecular flexibility index (Phi) is 2.91. The Balaban J connectivity index is 1.74. The van der Waals surface area contributed by atoms with Gasteiger partial charge in [-0.1, -0.05) is 6.07 Å². The predicted molar refractivity (Wildman–Crippen MR) is 68.9 cm³/mol. The van der Waals surface area contributed by atoms with E-state index in [1.807, 2.05) is 24.5 Å². The molecule has 0 amide bonds. The van der Waals surface area contributed by atoms with Crippen LogP contribution in [0.25, 0.3) is 0 Å². The summed E-state index contributed by atoms with van der Waals surface area (Å²) in [6.07, 6.45) is 3.03. The molecule has 88 valence electrons. The summed E-state index contributed by atoms with van der Waals surface area (Å²) in [6.45, 7) is 5.08. The van der Waals surface area contributed by atoms with Gasteiger partial charge in [0.1, 0.15) is 5.82 Å². The first-order valence-corrected chi connectivity index (χ1v) is 6.75. The molecule has 0 spiro atoms. The van der Waals surface area contributed by atoms with Crippen LogP contribution in [0.5, 0.6) is 0 Å². The SMILES string of the molecule is Cc1ncc2c(n1)CCN(Cc1cccs1)C2. The van der Waals surface area contributed by atoms with Crippen LogP contribution in [0.4, 0.5) is 0 Å². The average molecular weight is 245 g/mol. The van der Waals surface area contributed by atoms with Crippen LogP contribution >= 0.6 is 11.3 Å². The van der Waals surface area contributed by atoms with Gasteiger partial charge in [-0.05, 0) is 18.4 Å². The maximum atomic E-state index is 4.51. The first-order chi connectivity index (χ1) is 8.31. The van der Waals surface area contributed by atoms with Gasteiger partial charge in [0.05, 0.1) is 0 Å². The summed E-state index contributed by atoms with van der Waals surface area (Å²) in [5.74, 6) is 0.885. The molecule has 0 saturated carbocycles. The van der Waals surface area contributed by atoms with Crippen molar-refractivity contribution >= 4 is 11.3 Å². The Morgan fingerprint density at radius 1 is 1.47 bits per heavy atom. The Labute approximate surface area is 105 Å². The standard InChI is InChI=1S/C13H15N3S/c1-10-14-7-11-8-16(5-4-13(11)15-10)9-12-3-2-6-17-12/h2-3,6-7H,4-5,8-9H2,1H3. The van der Waals surface area contributed by atoms with Crippen LogP contribution in [-0.4, -0.2) is 21.4 Å². The third-order valence-corrected chi connectivity index (χ3v) is 3.95. The van der Waals surface area contributed by atoms with Crippen molar-refractivity contribution in [3.8, 4) is 0 Å². The first-order valence-electron chi connectivity index (χ1n) is 5.87. The molecule has 0 radical (unpaired) electrons. The number of rotatable bonds is 2. The summed E-state index contributed by atoms with van der Waals surface area (Å²) in [6, 6.07) is 4.32. The fourth-order valence-corrected chi connectivity index (χ4v) is 2.98. The summed E-state index contributed by atoms with van der Waals surface area (Å²) in [7, 11) is 0. The van der Waals surface area contributed by atoms with Gasteiger partial charge in [-0.2, -0.15) is 0 Å². The number of thiophene rings is 1. The van der Waals surface area contributed by atoms with Gasteiger partial charge in [0.2, 0.25) is 0 Å². The largest absolute Gasteiger partial charge is 0.294 e. The maximum absolute atomic E-state index is 4.51. The minimum Gasteiger partial charge on any atom is -0.294 e. The number of aryl methyl sites for hydroxylation is 1. The minimum absolute atomic E-state index is 0.885. The van der Waals surface area contributed by atoms with E-state index in [0.29, 0.717) is 0 Å². The molecule has 0 aromatic carbocycles. The van der Waals surface area contributed by atoms with Gasteiger partial charge in [-0.15, -0.1) is 11.3 Å². The lowest BCUT2D eigenvalue weighted by molar-refractivity contribution is 0.245. The second-order valence-corrected chi connectivity index (χ2v) is 5.46. The third-order valence-electron chi connectivity index (χ3n) is 3.09. The molecular weight excluding hydrogens is 230 g/mol. The molecule has 1 aliphatic heterocycles. The molecule has 0 saturated heterocycles. The Hall–Kier alpha value is -1.26. The van der Waals surface area contributed by atoms with Gasteiger partial charge in [0.25, 0.3) is 0 Å². The van der Waals surface area contributed by atoms with Gasteiger partial charge in [-0.3, -0.25) is 4.90 Å². The molecule has 0 unspecified atom stereocenters. The minimum atomic E-state index is 0.885. The van der Waals surface area contributed by atoms with Crippen molar-refractivity contribution in [2.75, 3.05) is 6.54 Å². The Morgan fingerprint density at radius 2 is 2.41 bits per heavy atom. The predicted octanol–water partition coefficient (Wildman–Crippen LogP) is 2.40. The average Bonchev–Trinajstić information content (AvgIpc) is 2.82. The highest BCUT2D eigenvalue weighted by Gasteiger charge is 2.18. The molecule has 3 heterocycles. The molecule has 2 aromatic rings. The Bertz CT molecular complexity index is 507. The molecule has 0 aliphatic carbocycles. The Morgan fingerprint density at radius 3 is 3.24 bits per heavy atom. The third kappa shape index (κ3) is 2.37. The van der Waals surface area contributed by atoms with Crippen LogP contribution in [0, 0.1) is 6.92 Å². The van der Waals surface area contributed by atoms with Crippen molar-refractivity contribution in [1.82, 2.24) is 14.9 Å². The zero-order valence-corrected chi connectivity index (χ0v) is 10.7. The van der Waals surface area contributed by atoms with E-state index in [1.54, 1.807) is 0 Å². The second-order valence-electron chi connectivity index (χ2n) is 4.43. The van der Waals surface area contributed by atoms with E-state index in [1.165, 1.54) is 16.1 Å². The summed E-state index contributed by atoms with van der Waals surface area (Å²) < 4.78 is 0. The zero-order valence-electron chi connectivity index (χ0n) is 9.89. The van der Waals surface area contributed by atoms with Crippen LogP contribution in [0.3, 0.4) is 0 Å². The lowest BCUT2D eigenvalue weighted by atomic mass is 10.1. The van der Waals surface area contributed by atoms with E-state index < -0.39 is 0 Å². The smallest absolute Gasteiger partial charge is 0.125 e. The fraction of sp³-hybridized carbons (Fsp3) is 0.385. The van der Waals surface area contributed by atoms with Crippen molar-refractivity contribution in [3.05, 3.63) is 45.7 Å². The summed E-state index contributed by atoms with van der Waals surface area (Å²) in [5, 5.41) is 2.14. The zero-order chi connectivity index (χ0) is 11.7. The lowest BCUT2D eigenvalue weighted by Gasteiger charge is -2.27. The van der Waals surface area contributed by atoms with E-state index in [2.05, 4.69) is 32.4 Å². The molecule has 0 bridgehead atoms. The van der Waals surface area contributed by atoms with Crippen molar-refractivity contribution in [1.29, 1.82) is 0 Å². The number of nitrogens with zero attached hydrogens (tertiary/aromatic N) is 3. The highest BCUT2D eigenvalue weighted by atomic mass is 32.1. The first kappa shape index (κ1) is 10.9. The molecule has 0 fully saturated rings. The number of aromatic nitrogens is 2. The molecule has 3 nitrogen and oxygen atoms in total. The van der Waals surface area contributed by atoms with E-state index in [-0.39, 0.29) is 0 Å². The van der Waals surface area contributed by atoms with Gasteiger partial charge >= 0.3 is 0 Å². The van der Waals surface area contributed by atoms with E-state index >= 15 is 0 Å². The lowest BCUT2D eigenvalue weighted by Crippen LogP contribution is -2.30. The quantitative estimate of drug-likeness (QED) is 0.813. The van der Waals surface area contributed by atoms with Crippen LogP contribution in [0.15, 0.2) is 23.7 Å². The summed E-state index contributed by atoms with van der Waals surface area (Å²) >= 11 is 1.83. The van der Waals surface area contributed by atoms with E-state index in [9.17, 15) is 0 Å². The normalized spacial score (nSPS) is 15.8. The van der Waals surface area contributed by atoms with Crippen LogP contribution in [-0.2, 0) is 19.5 Å². The van der Waals surface area contributed by atoms with E-state index in [4.69, 9.17) is 0 Å². The molecule has 0 atom stereocenters. The molecular formula is C13H15N3S. The molecule has 4 heteroatoms. The van der Waals surface area contributed by atoms with Gasteiger partial charge in [-0.25, -0.2) is 9.97 Å². The van der Waals surface area contributed by atoms with Crippen molar-refractivity contribution in [2.24, 2.45) is 0 Å². The number of hydrogen-bond acceptors (Lipinski definition) is 4. The summed E-state index contributed by atoms with van der Waals surface area (Å²) in [5.41, 5.74) is 2.53. The topological polar surface area (TPSA) is 29.0 Å². The van der Waals surface area contributed by atoms with Crippen molar-refractivity contribution in [2.45, 2.75) is 26.4 Å². The monoisotopic (exact) mass is 245 g/mol. The second kappa shape index (κ2) is 4.55. The van der Waals surface area contributed by atoms with Gasteiger partial charge < -0.3 is 0 Å². The van der Waals surface area contributed by atoms with Crippen LogP contribution < -0.4 is 0 Å². The molecule has 1 aliphatic rings. The van der Waals surface area contributed by atoms with Crippen molar-refractivity contribution < 1.29 is 0 Å². The molecule has 17 heavy (non-hydrogen) atoms. The highest BCUT2D eigenvalue weighted by Crippen LogP contribution is 2.20. The molecule has 3 rings (SSSR count). The van der Waals surface area contributed by atoms with Gasteiger partial charge in [0, 0.05) is 48.4 Å². The molecule has 0 N–H and O–H groups in total. The highest BCUT2D eigenvalue weighted by molar-refractivity contribution is 7.09. The van der Waals surface area contributed by atoms with Crippen LogP contribution in [0.2, 0.25) is 0 Å². The molecule has 2 aromatic heterocycles. The summed E-state index contributed by atoms with van der Waals surface area (Å²) in [4.78, 5) is 12.7. The number of fused-ring (bicyclic) bond motifs is 1. The van der Waals surface area contributed by atoms with E-state index in [0.717, 1.165) is 31.9 Å².